The van der Waals surface area contributed by atoms with Gasteiger partial charge in [0.25, 0.3) is 0 Å². The summed E-state index contributed by atoms with van der Waals surface area (Å²) in [7, 11) is 0. The number of rotatable bonds is 6. The van der Waals surface area contributed by atoms with Crippen LogP contribution in [0.1, 0.15) is 49.6 Å². The summed E-state index contributed by atoms with van der Waals surface area (Å²) >= 11 is 0. The summed E-state index contributed by atoms with van der Waals surface area (Å²) in [5.74, 6) is 1.70. The minimum Gasteiger partial charge on any atom is -0.377 e. The molecule has 3 rings (SSSR count). The van der Waals surface area contributed by atoms with Crippen LogP contribution < -0.4 is 0 Å². The van der Waals surface area contributed by atoms with Gasteiger partial charge in [-0.25, -0.2) is 0 Å². The van der Waals surface area contributed by atoms with E-state index in [1.54, 1.807) is 0 Å². The number of nitrogens with zero attached hydrogens (tertiary/aromatic N) is 3. The van der Waals surface area contributed by atoms with Crippen molar-refractivity contribution < 1.29 is 9.26 Å². The first-order valence-electron chi connectivity index (χ1n) is 9.61. The van der Waals surface area contributed by atoms with Crippen LogP contribution in [0.4, 0.5) is 0 Å². The second kappa shape index (κ2) is 8.45. The van der Waals surface area contributed by atoms with E-state index in [4.69, 9.17) is 9.26 Å². The van der Waals surface area contributed by atoms with E-state index in [0.29, 0.717) is 6.10 Å². The molecule has 1 saturated heterocycles. The van der Waals surface area contributed by atoms with Crippen molar-refractivity contribution in [3.63, 3.8) is 0 Å². The Morgan fingerprint density at radius 1 is 1.08 bits per heavy atom. The van der Waals surface area contributed by atoms with Gasteiger partial charge in [-0.1, -0.05) is 24.9 Å². The van der Waals surface area contributed by atoms with Crippen LogP contribution in [0, 0.1) is 19.8 Å². The topological polar surface area (TPSA) is 41.7 Å². The van der Waals surface area contributed by atoms with Gasteiger partial charge in [0.2, 0.25) is 0 Å². The maximum absolute atomic E-state index is 6.17. The summed E-state index contributed by atoms with van der Waals surface area (Å²) < 4.78 is 11.4. The monoisotopic (exact) mass is 335 g/mol. The molecule has 0 spiro atoms. The SMILES string of the molecule is Cc1noc(C)c1CN1CCN(CCO[C@H]2CCCC[C@H]2C)CC1. The number of piperazine rings is 1. The summed E-state index contributed by atoms with van der Waals surface area (Å²) in [6, 6.07) is 0. The average molecular weight is 335 g/mol. The second-order valence-electron chi connectivity index (χ2n) is 7.59. The third-order valence-electron chi connectivity index (χ3n) is 5.80. The van der Waals surface area contributed by atoms with Gasteiger partial charge in [-0.2, -0.15) is 0 Å². The molecule has 1 aliphatic carbocycles. The molecule has 2 heterocycles. The Labute approximate surface area is 146 Å². The van der Waals surface area contributed by atoms with Gasteiger partial charge in [0.1, 0.15) is 5.76 Å². The smallest absolute Gasteiger partial charge is 0.138 e. The molecule has 5 nitrogen and oxygen atoms in total. The Morgan fingerprint density at radius 2 is 1.79 bits per heavy atom. The molecule has 0 N–H and O–H groups in total. The van der Waals surface area contributed by atoms with Crippen LogP contribution in [0.5, 0.6) is 0 Å². The normalized spacial score (nSPS) is 26.8. The molecular weight excluding hydrogens is 302 g/mol. The lowest BCUT2D eigenvalue weighted by Crippen LogP contribution is -2.47. The molecule has 1 saturated carbocycles. The highest BCUT2D eigenvalue weighted by Gasteiger charge is 2.23. The number of hydrogen-bond acceptors (Lipinski definition) is 5. The highest BCUT2D eigenvalue weighted by atomic mass is 16.5. The highest BCUT2D eigenvalue weighted by Crippen LogP contribution is 2.26. The molecular formula is C19H33N3O2. The lowest BCUT2D eigenvalue weighted by molar-refractivity contribution is -0.0182. The lowest BCUT2D eigenvalue weighted by Gasteiger charge is -2.35. The van der Waals surface area contributed by atoms with E-state index in [2.05, 4.69) is 21.9 Å². The van der Waals surface area contributed by atoms with Crippen molar-refractivity contribution in [1.29, 1.82) is 0 Å². The van der Waals surface area contributed by atoms with Crippen LogP contribution in [0.2, 0.25) is 0 Å². The Balaban J connectivity index is 1.35. The fraction of sp³-hybridized carbons (Fsp3) is 0.842. The molecule has 0 aromatic carbocycles. The maximum Gasteiger partial charge on any atom is 0.138 e. The van der Waals surface area contributed by atoms with Gasteiger partial charge in [-0.3, -0.25) is 9.80 Å². The molecule has 0 amide bonds. The van der Waals surface area contributed by atoms with Crippen molar-refractivity contribution in [2.45, 2.75) is 59.1 Å². The average Bonchev–Trinajstić information content (AvgIpc) is 2.90. The first kappa shape index (κ1) is 17.9. The largest absolute Gasteiger partial charge is 0.377 e. The van der Waals surface area contributed by atoms with E-state index in [-0.39, 0.29) is 0 Å². The van der Waals surface area contributed by atoms with Crippen molar-refractivity contribution in [3.8, 4) is 0 Å². The first-order chi connectivity index (χ1) is 11.6. The Kier molecular flexibility index (Phi) is 6.31. The second-order valence-corrected chi connectivity index (χ2v) is 7.59. The van der Waals surface area contributed by atoms with Crippen LogP contribution >= 0.6 is 0 Å². The minimum absolute atomic E-state index is 0.500. The molecule has 0 bridgehead atoms. The Bertz CT molecular complexity index is 489. The van der Waals surface area contributed by atoms with Crippen LogP contribution in [0.25, 0.3) is 0 Å². The molecule has 2 atom stereocenters. The third kappa shape index (κ3) is 4.58. The molecule has 2 fully saturated rings. The molecule has 0 unspecified atom stereocenters. The molecule has 1 aromatic rings. The quantitative estimate of drug-likeness (QED) is 0.799. The molecule has 1 aliphatic heterocycles. The van der Waals surface area contributed by atoms with Gasteiger partial charge >= 0.3 is 0 Å². The summed E-state index contributed by atoms with van der Waals surface area (Å²) in [6.07, 6.45) is 5.82. The lowest BCUT2D eigenvalue weighted by atomic mass is 9.88. The molecule has 1 aromatic heterocycles. The van der Waals surface area contributed by atoms with Crippen LogP contribution in [0.15, 0.2) is 4.52 Å². The van der Waals surface area contributed by atoms with Gasteiger partial charge in [-0.05, 0) is 32.6 Å². The van der Waals surface area contributed by atoms with Gasteiger partial charge in [-0.15, -0.1) is 0 Å². The zero-order valence-electron chi connectivity index (χ0n) is 15.6. The van der Waals surface area contributed by atoms with Gasteiger partial charge in [0.15, 0.2) is 0 Å². The van der Waals surface area contributed by atoms with Crippen LogP contribution in [-0.4, -0.2) is 60.4 Å². The van der Waals surface area contributed by atoms with Crippen molar-refractivity contribution >= 4 is 0 Å². The van der Waals surface area contributed by atoms with E-state index in [0.717, 1.165) is 63.2 Å². The summed E-state index contributed by atoms with van der Waals surface area (Å²) in [6.45, 7) is 13.8. The fourth-order valence-corrected chi connectivity index (χ4v) is 3.99. The summed E-state index contributed by atoms with van der Waals surface area (Å²) in [5, 5.41) is 4.06. The fourth-order valence-electron chi connectivity index (χ4n) is 3.99. The maximum atomic E-state index is 6.17. The van der Waals surface area contributed by atoms with E-state index >= 15 is 0 Å². The standard InChI is InChI=1S/C19H33N3O2/c1-15-6-4-5-7-19(15)23-13-12-21-8-10-22(11-9-21)14-18-16(2)20-24-17(18)3/h15,19H,4-14H2,1-3H3/t15-,19+/m1/s1. The molecule has 24 heavy (non-hydrogen) atoms. The predicted molar refractivity (Wildman–Crippen MR) is 95.1 cm³/mol. The Hall–Kier alpha value is -0.910. The minimum atomic E-state index is 0.500. The number of hydrogen-bond donors (Lipinski definition) is 0. The summed E-state index contributed by atoms with van der Waals surface area (Å²) in [4.78, 5) is 5.05. The van der Waals surface area contributed by atoms with E-state index in [1.165, 1.54) is 31.2 Å². The third-order valence-corrected chi connectivity index (χ3v) is 5.80. The Morgan fingerprint density at radius 3 is 2.46 bits per heavy atom. The molecule has 136 valence electrons. The predicted octanol–water partition coefficient (Wildman–Crippen LogP) is 3.00. The molecule has 2 aliphatic rings. The van der Waals surface area contributed by atoms with Crippen LogP contribution in [-0.2, 0) is 11.3 Å². The van der Waals surface area contributed by atoms with Crippen molar-refractivity contribution in [2.24, 2.45) is 5.92 Å². The van der Waals surface area contributed by atoms with E-state index in [1.807, 2.05) is 13.8 Å². The van der Waals surface area contributed by atoms with E-state index in [9.17, 15) is 0 Å². The van der Waals surface area contributed by atoms with Crippen molar-refractivity contribution in [2.75, 3.05) is 39.3 Å². The highest BCUT2D eigenvalue weighted by molar-refractivity contribution is 5.20. The van der Waals surface area contributed by atoms with Crippen LogP contribution in [0.3, 0.4) is 0 Å². The molecule has 5 heteroatoms. The van der Waals surface area contributed by atoms with E-state index < -0.39 is 0 Å². The number of aromatic nitrogens is 1. The van der Waals surface area contributed by atoms with Crippen molar-refractivity contribution in [1.82, 2.24) is 15.0 Å². The first-order valence-corrected chi connectivity index (χ1v) is 9.61. The molecule has 0 radical (unpaired) electrons. The van der Waals surface area contributed by atoms with Gasteiger partial charge in [0.05, 0.1) is 18.4 Å². The summed E-state index contributed by atoms with van der Waals surface area (Å²) in [5.41, 5.74) is 2.29. The zero-order chi connectivity index (χ0) is 16.9. The number of ether oxygens (including phenoxy) is 1. The van der Waals surface area contributed by atoms with Crippen molar-refractivity contribution in [3.05, 3.63) is 17.0 Å². The van der Waals surface area contributed by atoms with Gasteiger partial charge < -0.3 is 9.26 Å². The van der Waals surface area contributed by atoms with Gasteiger partial charge in [0, 0.05) is 44.8 Å². The number of aryl methyl sites for hydroxylation is 2. The zero-order valence-corrected chi connectivity index (χ0v) is 15.6.